The molecule has 1 aliphatic rings. The van der Waals surface area contributed by atoms with E-state index >= 15 is 0 Å². The number of benzene rings is 2. The number of furan rings is 1. The average molecular weight is 364 g/mol. The van der Waals surface area contributed by atoms with Gasteiger partial charge >= 0.3 is 0 Å². The van der Waals surface area contributed by atoms with Crippen molar-refractivity contribution in [1.82, 2.24) is 4.90 Å². The van der Waals surface area contributed by atoms with Crippen molar-refractivity contribution < 1.29 is 13.9 Å². The van der Waals surface area contributed by atoms with E-state index in [-0.39, 0.29) is 11.9 Å². The predicted molar refractivity (Wildman–Crippen MR) is 107 cm³/mol. The number of hydrogen-bond donors (Lipinski definition) is 0. The molecule has 1 amide bonds. The Morgan fingerprint density at radius 2 is 1.89 bits per heavy atom. The molecular formula is C22H24N2O3. The summed E-state index contributed by atoms with van der Waals surface area (Å²) >= 11 is 0. The number of likely N-dealkylation sites (tertiary alicyclic amines) is 1. The van der Waals surface area contributed by atoms with Crippen LogP contribution in [-0.2, 0) is 0 Å². The highest BCUT2D eigenvalue weighted by Gasteiger charge is 2.31. The summed E-state index contributed by atoms with van der Waals surface area (Å²) < 4.78 is 11.2. The molecule has 1 saturated heterocycles. The zero-order valence-electron chi connectivity index (χ0n) is 15.7. The molecular weight excluding hydrogens is 340 g/mol. The van der Waals surface area contributed by atoms with Gasteiger partial charge in [0.15, 0.2) is 5.76 Å². The Labute approximate surface area is 159 Å². The molecule has 1 aliphatic heterocycles. The maximum atomic E-state index is 13.5. The number of fused-ring (bicyclic) bond motifs is 1. The smallest absolute Gasteiger partial charge is 0.294 e. The van der Waals surface area contributed by atoms with Gasteiger partial charge in [0.1, 0.15) is 11.3 Å². The molecule has 0 saturated carbocycles. The van der Waals surface area contributed by atoms with Gasteiger partial charge < -0.3 is 19.0 Å². The Balaban J connectivity index is 1.72. The topological polar surface area (TPSA) is 45.9 Å². The van der Waals surface area contributed by atoms with Crippen LogP contribution in [0.1, 0.15) is 23.4 Å². The van der Waals surface area contributed by atoms with E-state index in [0.717, 1.165) is 48.3 Å². The van der Waals surface area contributed by atoms with E-state index in [1.165, 1.54) is 0 Å². The van der Waals surface area contributed by atoms with Gasteiger partial charge in [-0.2, -0.15) is 0 Å². The zero-order chi connectivity index (χ0) is 18.8. The fourth-order valence-electron chi connectivity index (χ4n) is 3.71. The lowest BCUT2D eigenvalue weighted by atomic mass is 10.0. The van der Waals surface area contributed by atoms with E-state index in [0.29, 0.717) is 5.76 Å². The Bertz CT molecular complexity index is 908. The lowest BCUT2D eigenvalue weighted by molar-refractivity contribution is 0.0939. The molecule has 140 valence electrons. The zero-order valence-corrected chi connectivity index (χ0v) is 15.7. The third kappa shape index (κ3) is 3.55. The van der Waals surface area contributed by atoms with Crippen LogP contribution in [0.15, 0.2) is 59.0 Å². The van der Waals surface area contributed by atoms with E-state index in [1.807, 2.05) is 59.5 Å². The molecule has 1 aromatic heterocycles. The molecule has 0 aliphatic carbocycles. The molecule has 2 aromatic carbocycles. The molecule has 1 fully saturated rings. The molecule has 0 spiro atoms. The highest BCUT2D eigenvalue weighted by molar-refractivity contribution is 6.06. The van der Waals surface area contributed by atoms with Crippen molar-refractivity contribution >= 4 is 22.6 Å². The van der Waals surface area contributed by atoms with Crippen LogP contribution in [0.5, 0.6) is 5.75 Å². The number of para-hydroxylation sites is 1. The van der Waals surface area contributed by atoms with E-state index in [4.69, 9.17) is 9.15 Å². The van der Waals surface area contributed by atoms with Gasteiger partial charge in [0.2, 0.25) is 0 Å². The standard InChI is InChI=1S/C22H24N2O3/c1-23-12-10-17(11-13-23)24(18-7-5-8-19(15-18)26-2)22(25)21-14-16-6-3-4-9-20(16)27-21/h3-9,14-15,17H,10-13H2,1-2H3. The highest BCUT2D eigenvalue weighted by atomic mass is 16.5. The van der Waals surface area contributed by atoms with Crippen LogP contribution in [0.3, 0.4) is 0 Å². The first kappa shape index (κ1) is 17.6. The second-order valence-corrected chi connectivity index (χ2v) is 7.06. The lowest BCUT2D eigenvalue weighted by Gasteiger charge is -2.37. The molecule has 5 heteroatoms. The number of carbonyl (C=O) groups is 1. The third-order valence-electron chi connectivity index (χ3n) is 5.24. The van der Waals surface area contributed by atoms with Crippen LogP contribution in [0.2, 0.25) is 0 Å². The van der Waals surface area contributed by atoms with Gasteiger partial charge in [-0.25, -0.2) is 0 Å². The fourth-order valence-corrected chi connectivity index (χ4v) is 3.71. The predicted octanol–water partition coefficient (Wildman–Crippen LogP) is 4.18. The summed E-state index contributed by atoms with van der Waals surface area (Å²) in [5.74, 6) is 1.01. The molecule has 0 atom stereocenters. The van der Waals surface area contributed by atoms with Gasteiger partial charge in [0.25, 0.3) is 5.91 Å². The summed E-state index contributed by atoms with van der Waals surface area (Å²) in [6.07, 6.45) is 1.86. The van der Waals surface area contributed by atoms with Gasteiger partial charge in [0, 0.05) is 23.2 Å². The van der Waals surface area contributed by atoms with Crippen LogP contribution in [0.25, 0.3) is 11.0 Å². The van der Waals surface area contributed by atoms with E-state index in [1.54, 1.807) is 7.11 Å². The minimum absolute atomic E-state index is 0.103. The largest absolute Gasteiger partial charge is 0.497 e. The maximum absolute atomic E-state index is 13.5. The van der Waals surface area contributed by atoms with Crippen LogP contribution in [-0.4, -0.2) is 44.1 Å². The molecule has 2 heterocycles. The highest BCUT2D eigenvalue weighted by Crippen LogP contribution is 2.30. The van der Waals surface area contributed by atoms with Gasteiger partial charge in [-0.3, -0.25) is 4.79 Å². The van der Waals surface area contributed by atoms with Crippen molar-refractivity contribution in [2.45, 2.75) is 18.9 Å². The van der Waals surface area contributed by atoms with Crippen LogP contribution < -0.4 is 9.64 Å². The van der Waals surface area contributed by atoms with Crippen molar-refractivity contribution in [2.75, 3.05) is 32.1 Å². The molecule has 0 N–H and O–H groups in total. The Morgan fingerprint density at radius 1 is 1.11 bits per heavy atom. The SMILES string of the molecule is COc1cccc(N(C(=O)c2cc3ccccc3o2)C2CCN(C)CC2)c1. The molecule has 0 radical (unpaired) electrons. The number of nitrogens with zero attached hydrogens (tertiary/aromatic N) is 2. The first-order valence-electron chi connectivity index (χ1n) is 9.30. The number of methoxy groups -OCH3 is 1. The lowest BCUT2D eigenvalue weighted by Crippen LogP contribution is -2.46. The summed E-state index contributed by atoms with van der Waals surface area (Å²) in [6, 6.07) is 17.4. The fraction of sp³-hybridized carbons (Fsp3) is 0.318. The second-order valence-electron chi connectivity index (χ2n) is 7.06. The molecule has 27 heavy (non-hydrogen) atoms. The third-order valence-corrected chi connectivity index (χ3v) is 5.24. The number of piperidine rings is 1. The minimum Gasteiger partial charge on any atom is -0.497 e. The van der Waals surface area contributed by atoms with Crippen LogP contribution in [0.4, 0.5) is 5.69 Å². The number of amides is 1. The van der Waals surface area contributed by atoms with Gasteiger partial charge in [-0.1, -0.05) is 24.3 Å². The van der Waals surface area contributed by atoms with Crippen LogP contribution >= 0.6 is 0 Å². The number of ether oxygens (including phenoxy) is 1. The van der Waals surface area contributed by atoms with Crippen molar-refractivity contribution in [3.05, 3.63) is 60.4 Å². The number of anilines is 1. The quantitative estimate of drug-likeness (QED) is 0.697. The molecule has 4 rings (SSSR count). The summed E-state index contributed by atoms with van der Waals surface area (Å²) in [5.41, 5.74) is 1.57. The van der Waals surface area contributed by atoms with E-state index in [2.05, 4.69) is 11.9 Å². The second kappa shape index (κ2) is 7.45. The van der Waals surface area contributed by atoms with Gasteiger partial charge in [-0.05, 0) is 57.2 Å². The molecule has 0 bridgehead atoms. The summed E-state index contributed by atoms with van der Waals surface area (Å²) in [5, 5.41) is 0.940. The first-order chi connectivity index (χ1) is 13.2. The summed E-state index contributed by atoms with van der Waals surface area (Å²) in [6.45, 7) is 1.94. The molecule has 0 unspecified atom stereocenters. The number of carbonyl (C=O) groups excluding carboxylic acids is 1. The minimum atomic E-state index is -0.103. The Morgan fingerprint density at radius 3 is 2.63 bits per heavy atom. The Kier molecular flexibility index (Phi) is 4.86. The summed E-state index contributed by atoms with van der Waals surface area (Å²) in [7, 11) is 3.76. The van der Waals surface area contributed by atoms with Crippen molar-refractivity contribution in [3.8, 4) is 5.75 Å². The summed E-state index contributed by atoms with van der Waals surface area (Å²) in [4.78, 5) is 17.7. The maximum Gasteiger partial charge on any atom is 0.294 e. The molecule has 5 nitrogen and oxygen atoms in total. The molecule has 3 aromatic rings. The number of rotatable bonds is 4. The number of hydrogen-bond acceptors (Lipinski definition) is 4. The van der Waals surface area contributed by atoms with Crippen molar-refractivity contribution in [3.63, 3.8) is 0 Å². The first-order valence-corrected chi connectivity index (χ1v) is 9.30. The normalized spacial score (nSPS) is 15.8. The van der Waals surface area contributed by atoms with Crippen molar-refractivity contribution in [2.24, 2.45) is 0 Å². The van der Waals surface area contributed by atoms with E-state index in [9.17, 15) is 4.79 Å². The van der Waals surface area contributed by atoms with Crippen molar-refractivity contribution in [1.29, 1.82) is 0 Å². The Hall–Kier alpha value is -2.79. The van der Waals surface area contributed by atoms with E-state index < -0.39 is 0 Å². The monoisotopic (exact) mass is 364 g/mol. The van der Waals surface area contributed by atoms with Crippen LogP contribution in [0, 0.1) is 0 Å². The van der Waals surface area contributed by atoms with Gasteiger partial charge in [0.05, 0.1) is 7.11 Å². The average Bonchev–Trinajstić information content (AvgIpc) is 3.14. The van der Waals surface area contributed by atoms with Gasteiger partial charge in [-0.15, -0.1) is 0 Å².